The minimum Gasteiger partial charge on any atom is -0.310 e. The third kappa shape index (κ3) is 4.39. The van der Waals surface area contributed by atoms with Gasteiger partial charge >= 0.3 is 0 Å². The van der Waals surface area contributed by atoms with E-state index in [-0.39, 0.29) is 0 Å². The number of thiazole rings is 1. The average Bonchev–Trinajstić information content (AvgIpc) is 2.51. The largest absolute Gasteiger partial charge is 0.310 e. The zero-order valence-corrected chi connectivity index (χ0v) is 9.28. The van der Waals surface area contributed by atoms with E-state index >= 15 is 0 Å². The monoisotopic (exact) mass is 198 g/mol. The lowest BCUT2D eigenvalue weighted by Crippen LogP contribution is -2.14. The Morgan fingerprint density at radius 1 is 1.46 bits per heavy atom. The molecule has 0 radical (unpaired) electrons. The molecule has 0 aliphatic carbocycles. The summed E-state index contributed by atoms with van der Waals surface area (Å²) < 4.78 is 0. The first-order valence-corrected chi connectivity index (χ1v) is 5.82. The molecule has 0 bridgehead atoms. The fourth-order valence-electron chi connectivity index (χ4n) is 1.18. The maximum atomic E-state index is 4.38. The number of aromatic nitrogens is 1. The van der Waals surface area contributed by atoms with Gasteiger partial charge in [-0.05, 0) is 19.9 Å². The lowest BCUT2D eigenvalue weighted by molar-refractivity contribution is 0.615. The van der Waals surface area contributed by atoms with Gasteiger partial charge in [-0.25, -0.2) is 4.98 Å². The van der Waals surface area contributed by atoms with E-state index in [0.717, 1.165) is 18.8 Å². The molecule has 0 unspecified atom stereocenters. The third-order valence-electron chi connectivity index (χ3n) is 1.90. The van der Waals surface area contributed by atoms with Gasteiger partial charge in [0.25, 0.3) is 0 Å². The standard InChI is InChI=1S/C10H18N2S/c1-3-4-5-6-11-7-10-12-9(2)8-13-10/h8,11H,3-7H2,1-2H3. The molecule has 3 heteroatoms. The van der Waals surface area contributed by atoms with Crippen LogP contribution in [0.4, 0.5) is 0 Å². The van der Waals surface area contributed by atoms with E-state index < -0.39 is 0 Å². The van der Waals surface area contributed by atoms with Crippen molar-refractivity contribution in [2.24, 2.45) is 0 Å². The van der Waals surface area contributed by atoms with Crippen molar-refractivity contribution >= 4 is 11.3 Å². The first kappa shape index (κ1) is 10.7. The second-order valence-corrected chi connectivity index (χ2v) is 4.21. The summed E-state index contributed by atoms with van der Waals surface area (Å²) in [6, 6.07) is 0. The van der Waals surface area contributed by atoms with E-state index in [1.807, 2.05) is 6.92 Å². The highest BCUT2D eigenvalue weighted by Gasteiger charge is 1.96. The number of hydrogen-bond acceptors (Lipinski definition) is 3. The van der Waals surface area contributed by atoms with E-state index in [2.05, 4.69) is 22.6 Å². The highest BCUT2D eigenvalue weighted by Crippen LogP contribution is 2.07. The maximum Gasteiger partial charge on any atom is 0.107 e. The molecule has 74 valence electrons. The van der Waals surface area contributed by atoms with Crippen molar-refractivity contribution in [1.82, 2.24) is 10.3 Å². The Kier molecular flexibility index (Phi) is 5.01. The summed E-state index contributed by atoms with van der Waals surface area (Å²) in [6.45, 7) is 6.32. The molecule has 1 N–H and O–H groups in total. The molecule has 0 fully saturated rings. The molecule has 2 nitrogen and oxygen atoms in total. The topological polar surface area (TPSA) is 24.9 Å². The van der Waals surface area contributed by atoms with E-state index in [9.17, 15) is 0 Å². The van der Waals surface area contributed by atoms with Gasteiger partial charge in [0.15, 0.2) is 0 Å². The molecule has 0 aromatic carbocycles. The van der Waals surface area contributed by atoms with E-state index in [1.165, 1.54) is 24.3 Å². The summed E-state index contributed by atoms with van der Waals surface area (Å²) in [6.07, 6.45) is 3.89. The van der Waals surface area contributed by atoms with Crippen LogP contribution in [0.25, 0.3) is 0 Å². The number of hydrogen-bond donors (Lipinski definition) is 1. The molecule has 13 heavy (non-hydrogen) atoms. The van der Waals surface area contributed by atoms with Crippen LogP contribution in [-0.4, -0.2) is 11.5 Å². The van der Waals surface area contributed by atoms with Crippen molar-refractivity contribution in [3.63, 3.8) is 0 Å². The summed E-state index contributed by atoms with van der Waals surface area (Å²) in [7, 11) is 0. The van der Waals surface area contributed by atoms with Crippen LogP contribution in [0.1, 0.15) is 36.9 Å². The summed E-state index contributed by atoms with van der Waals surface area (Å²) >= 11 is 1.74. The van der Waals surface area contributed by atoms with E-state index in [1.54, 1.807) is 11.3 Å². The van der Waals surface area contributed by atoms with Crippen LogP contribution in [0.5, 0.6) is 0 Å². The SMILES string of the molecule is CCCCCNCc1nc(C)cs1. The predicted octanol–water partition coefficient (Wildman–Crippen LogP) is 2.73. The van der Waals surface area contributed by atoms with Crippen molar-refractivity contribution in [3.8, 4) is 0 Å². The van der Waals surface area contributed by atoms with Crippen LogP contribution in [0.15, 0.2) is 5.38 Å². The molecule has 0 aliphatic rings. The summed E-state index contributed by atoms with van der Waals surface area (Å²) in [5.74, 6) is 0. The van der Waals surface area contributed by atoms with E-state index in [4.69, 9.17) is 0 Å². The fraction of sp³-hybridized carbons (Fsp3) is 0.700. The van der Waals surface area contributed by atoms with Crippen LogP contribution in [0, 0.1) is 6.92 Å². The van der Waals surface area contributed by atoms with Gasteiger partial charge in [0.2, 0.25) is 0 Å². The molecule has 0 atom stereocenters. The smallest absolute Gasteiger partial charge is 0.107 e. The number of rotatable bonds is 6. The van der Waals surface area contributed by atoms with Crippen LogP contribution >= 0.6 is 11.3 Å². The molecule has 0 amide bonds. The van der Waals surface area contributed by atoms with Gasteiger partial charge in [-0.3, -0.25) is 0 Å². The van der Waals surface area contributed by atoms with E-state index in [0.29, 0.717) is 0 Å². The molecule has 0 saturated heterocycles. The van der Waals surface area contributed by atoms with Crippen molar-refractivity contribution in [2.45, 2.75) is 39.7 Å². The molecule has 0 spiro atoms. The van der Waals surface area contributed by atoms with Gasteiger partial charge in [0.05, 0.1) is 0 Å². The second-order valence-electron chi connectivity index (χ2n) is 3.27. The van der Waals surface area contributed by atoms with Gasteiger partial charge in [0, 0.05) is 17.6 Å². The summed E-state index contributed by atoms with van der Waals surface area (Å²) in [5.41, 5.74) is 1.13. The molecular weight excluding hydrogens is 180 g/mol. The Morgan fingerprint density at radius 3 is 2.92 bits per heavy atom. The number of unbranched alkanes of at least 4 members (excludes halogenated alkanes) is 2. The Hall–Kier alpha value is -0.410. The van der Waals surface area contributed by atoms with Crippen molar-refractivity contribution < 1.29 is 0 Å². The van der Waals surface area contributed by atoms with Gasteiger partial charge in [0.1, 0.15) is 5.01 Å². The van der Waals surface area contributed by atoms with Gasteiger partial charge < -0.3 is 5.32 Å². The molecule has 0 saturated carbocycles. The van der Waals surface area contributed by atoms with Crippen molar-refractivity contribution in [3.05, 3.63) is 16.1 Å². The maximum absolute atomic E-state index is 4.38. The van der Waals surface area contributed by atoms with Crippen LogP contribution in [0.3, 0.4) is 0 Å². The molecule has 1 aromatic rings. The minimum atomic E-state index is 0.933. The average molecular weight is 198 g/mol. The first-order chi connectivity index (χ1) is 6.33. The lowest BCUT2D eigenvalue weighted by atomic mass is 10.2. The Labute approximate surface area is 84.4 Å². The molecule has 1 heterocycles. The first-order valence-electron chi connectivity index (χ1n) is 4.94. The summed E-state index contributed by atoms with van der Waals surface area (Å²) in [4.78, 5) is 4.38. The Balaban J connectivity index is 2.06. The van der Waals surface area contributed by atoms with Crippen LogP contribution in [-0.2, 0) is 6.54 Å². The van der Waals surface area contributed by atoms with Gasteiger partial charge in [-0.1, -0.05) is 19.8 Å². The number of aryl methyl sites for hydroxylation is 1. The predicted molar refractivity (Wildman–Crippen MR) is 58.1 cm³/mol. The number of nitrogens with zero attached hydrogens (tertiary/aromatic N) is 1. The van der Waals surface area contributed by atoms with Crippen molar-refractivity contribution in [1.29, 1.82) is 0 Å². The second kappa shape index (κ2) is 6.11. The molecular formula is C10H18N2S. The van der Waals surface area contributed by atoms with Crippen LogP contribution < -0.4 is 5.32 Å². The molecule has 1 rings (SSSR count). The zero-order valence-electron chi connectivity index (χ0n) is 8.47. The minimum absolute atomic E-state index is 0.933. The normalized spacial score (nSPS) is 10.6. The highest BCUT2D eigenvalue weighted by molar-refractivity contribution is 7.09. The molecule has 0 aliphatic heterocycles. The van der Waals surface area contributed by atoms with Gasteiger partial charge in [-0.15, -0.1) is 11.3 Å². The molecule has 1 aromatic heterocycles. The zero-order chi connectivity index (χ0) is 9.52. The van der Waals surface area contributed by atoms with Gasteiger partial charge in [-0.2, -0.15) is 0 Å². The lowest BCUT2D eigenvalue weighted by Gasteiger charge is -2.00. The van der Waals surface area contributed by atoms with Crippen LogP contribution in [0.2, 0.25) is 0 Å². The summed E-state index contributed by atoms with van der Waals surface area (Å²) in [5, 5.41) is 6.70. The van der Waals surface area contributed by atoms with Crippen molar-refractivity contribution in [2.75, 3.05) is 6.54 Å². The Morgan fingerprint density at radius 2 is 2.31 bits per heavy atom. The third-order valence-corrected chi connectivity index (χ3v) is 2.87. The quantitative estimate of drug-likeness (QED) is 0.711. The highest BCUT2D eigenvalue weighted by atomic mass is 32.1. The fourth-order valence-corrected chi connectivity index (χ4v) is 1.92. The number of nitrogens with one attached hydrogen (secondary N) is 1. The Bertz CT molecular complexity index is 233.